The van der Waals surface area contributed by atoms with E-state index in [1.54, 1.807) is 17.0 Å². The van der Waals surface area contributed by atoms with Crippen LogP contribution in [0.15, 0.2) is 42.5 Å². The molecule has 2 aromatic carbocycles. The zero-order chi connectivity index (χ0) is 18.0. The summed E-state index contributed by atoms with van der Waals surface area (Å²) in [6, 6.07) is 10.9. The lowest BCUT2D eigenvalue weighted by molar-refractivity contribution is -0.117. The maximum Gasteiger partial charge on any atom is 0.319 e. The smallest absolute Gasteiger partial charge is 0.319 e. The number of nitrogens with one attached hydrogen (secondary N) is 2. The van der Waals surface area contributed by atoms with Gasteiger partial charge in [-0.3, -0.25) is 4.79 Å². The fourth-order valence-corrected chi connectivity index (χ4v) is 2.97. The largest absolute Gasteiger partial charge is 0.333 e. The van der Waals surface area contributed by atoms with Crippen LogP contribution in [0, 0.1) is 19.7 Å². The van der Waals surface area contributed by atoms with E-state index in [1.807, 2.05) is 32.0 Å². The molecule has 6 heteroatoms. The van der Waals surface area contributed by atoms with Gasteiger partial charge in [0.15, 0.2) is 0 Å². The van der Waals surface area contributed by atoms with Crippen LogP contribution in [0.4, 0.5) is 20.6 Å². The summed E-state index contributed by atoms with van der Waals surface area (Å²) >= 11 is 0. The van der Waals surface area contributed by atoms with Gasteiger partial charge < -0.3 is 15.5 Å². The summed E-state index contributed by atoms with van der Waals surface area (Å²) in [4.78, 5) is 25.9. The Bertz CT molecular complexity index is 805. The number of hydrogen-bond donors (Lipinski definition) is 2. The van der Waals surface area contributed by atoms with Gasteiger partial charge in [0.05, 0.1) is 6.04 Å². The van der Waals surface area contributed by atoms with Crippen molar-refractivity contribution >= 4 is 23.3 Å². The summed E-state index contributed by atoms with van der Waals surface area (Å²) in [5.74, 6) is -0.443. The van der Waals surface area contributed by atoms with Crippen molar-refractivity contribution in [3.05, 3.63) is 59.4 Å². The van der Waals surface area contributed by atoms with Crippen molar-refractivity contribution in [1.82, 2.24) is 5.32 Å². The topological polar surface area (TPSA) is 61.4 Å². The van der Waals surface area contributed by atoms with E-state index in [4.69, 9.17) is 0 Å². The number of carbonyl (C=O) groups excluding carboxylic acids is 2. The molecule has 1 aliphatic rings. The number of carbonyl (C=O) groups is 2. The predicted molar refractivity (Wildman–Crippen MR) is 95.2 cm³/mol. The molecule has 1 aliphatic heterocycles. The third kappa shape index (κ3) is 3.96. The molecule has 1 saturated heterocycles. The Morgan fingerprint density at radius 2 is 1.88 bits per heavy atom. The molecule has 3 amide bonds. The van der Waals surface area contributed by atoms with Gasteiger partial charge in [0.25, 0.3) is 0 Å². The van der Waals surface area contributed by atoms with Crippen molar-refractivity contribution in [3.8, 4) is 0 Å². The number of anilines is 2. The number of nitrogens with zero attached hydrogens (tertiary/aromatic N) is 1. The van der Waals surface area contributed by atoms with Crippen LogP contribution in [0.1, 0.15) is 17.5 Å². The average molecular weight is 341 g/mol. The number of rotatable bonds is 3. The number of aryl methyl sites for hydroxylation is 2. The van der Waals surface area contributed by atoms with Crippen LogP contribution in [0.2, 0.25) is 0 Å². The average Bonchev–Trinajstić information content (AvgIpc) is 2.91. The molecule has 0 aliphatic carbocycles. The monoisotopic (exact) mass is 341 g/mol. The second-order valence-electron chi connectivity index (χ2n) is 6.30. The molecule has 0 aromatic heterocycles. The number of benzene rings is 2. The first-order valence-corrected chi connectivity index (χ1v) is 8.13. The highest BCUT2D eigenvalue weighted by Gasteiger charge is 2.31. The molecule has 1 fully saturated rings. The molecule has 0 spiro atoms. The first-order valence-electron chi connectivity index (χ1n) is 8.13. The Kier molecular flexibility index (Phi) is 4.70. The van der Waals surface area contributed by atoms with Gasteiger partial charge in [0, 0.05) is 24.3 Å². The number of halogens is 1. The van der Waals surface area contributed by atoms with Crippen LogP contribution in [-0.4, -0.2) is 24.5 Å². The number of hydrogen-bond acceptors (Lipinski definition) is 2. The molecule has 1 heterocycles. The van der Waals surface area contributed by atoms with Gasteiger partial charge in [-0.05, 0) is 49.7 Å². The minimum absolute atomic E-state index is 0.0941. The van der Waals surface area contributed by atoms with Gasteiger partial charge in [0.1, 0.15) is 5.82 Å². The quantitative estimate of drug-likeness (QED) is 0.899. The second kappa shape index (κ2) is 6.93. The Labute approximate surface area is 145 Å². The first kappa shape index (κ1) is 17.0. The maximum absolute atomic E-state index is 13.0. The third-order valence-electron chi connectivity index (χ3n) is 4.23. The van der Waals surface area contributed by atoms with Gasteiger partial charge in [-0.1, -0.05) is 17.7 Å². The SMILES string of the molecule is Cc1ccc(NC(=O)NC2CC(=O)N(c3ccc(F)cc3)C2)c(C)c1. The molecule has 2 N–H and O–H groups in total. The normalized spacial score (nSPS) is 16.8. The van der Waals surface area contributed by atoms with Gasteiger partial charge in [-0.25, -0.2) is 9.18 Å². The maximum atomic E-state index is 13.0. The number of amides is 3. The Hall–Kier alpha value is -2.89. The van der Waals surface area contributed by atoms with E-state index >= 15 is 0 Å². The van der Waals surface area contributed by atoms with Crippen LogP contribution < -0.4 is 15.5 Å². The van der Waals surface area contributed by atoms with Crippen molar-refractivity contribution in [1.29, 1.82) is 0 Å². The zero-order valence-corrected chi connectivity index (χ0v) is 14.2. The summed E-state index contributed by atoms with van der Waals surface area (Å²) in [6.45, 7) is 4.29. The summed E-state index contributed by atoms with van der Waals surface area (Å²) in [6.07, 6.45) is 0.220. The molecule has 130 valence electrons. The van der Waals surface area contributed by atoms with Crippen molar-refractivity contribution in [2.45, 2.75) is 26.3 Å². The molecular formula is C19H20FN3O2. The minimum atomic E-state index is -0.349. The summed E-state index contributed by atoms with van der Waals surface area (Å²) in [5, 5.41) is 5.64. The van der Waals surface area contributed by atoms with Gasteiger partial charge in [-0.2, -0.15) is 0 Å². The highest BCUT2D eigenvalue weighted by atomic mass is 19.1. The second-order valence-corrected chi connectivity index (χ2v) is 6.30. The van der Waals surface area contributed by atoms with E-state index in [9.17, 15) is 14.0 Å². The first-order chi connectivity index (χ1) is 11.9. The molecule has 0 radical (unpaired) electrons. The van der Waals surface area contributed by atoms with Crippen LogP contribution in [-0.2, 0) is 4.79 Å². The molecule has 1 atom stereocenters. The molecule has 3 rings (SSSR count). The summed E-state index contributed by atoms with van der Waals surface area (Å²) in [5.41, 5.74) is 3.47. The lowest BCUT2D eigenvalue weighted by atomic mass is 10.1. The Morgan fingerprint density at radius 1 is 1.16 bits per heavy atom. The van der Waals surface area contributed by atoms with Gasteiger partial charge >= 0.3 is 6.03 Å². The van der Waals surface area contributed by atoms with Crippen LogP contribution >= 0.6 is 0 Å². The van der Waals surface area contributed by atoms with Gasteiger partial charge in [-0.15, -0.1) is 0 Å². The van der Waals surface area contributed by atoms with Crippen molar-refractivity contribution < 1.29 is 14.0 Å². The van der Waals surface area contributed by atoms with E-state index in [-0.39, 0.29) is 30.2 Å². The van der Waals surface area contributed by atoms with E-state index in [2.05, 4.69) is 10.6 Å². The van der Waals surface area contributed by atoms with Crippen LogP contribution in [0.3, 0.4) is 0 Å². The number of urea groups is 1. The lowest BCUT2D eigenvalue weighted by Crippen LogP contribution is -2.39. The van der Waals surface area contributed by atoms with E-state index in [1.165, 1.54) is 12.1 Å². The molecule has 1 unspecified atom stereocenters. The molecule has 0 bridgehead atoms. The fourth-order valence-electron chi connectivity index (χ4n) is 2.97. The van der Waals surface area contributed by atoms with Gasteiger partial charge in [0.2, 0.25) is 5.91 Å². The van der Waals surface area contributed by atoms with Crippen LogP contribution in [0.25, 0.3) is 0 Å². The van der Waals surface area contributed by atoms with E-state index in [0.717, 1.165) is 16.8 Å². The van der Waals surface area contributed by atoms with Crippen LogP contribution in [0.5, 0.6) is 0 Å². The predicted octanol–water partition coefficient (Wildman–Crippen LogP) is 3.37. The van der Waals surface area contributed by atoms with Crippen molar-refractivity contribution in [2.24, 2.45) is 0 Å². The Balaban J connectivity index is 1.61. The minimum Gasteiger partial charge on any atom is -0.333 e. The summed E-state index contributed by atoms with van der Waals surface area (Å²) in [7, 11) is 0. The highest BCUT2D eigenvalue weighted by Crippen LogP contribution is 2.22. The highest BCUT2D eigenvalue weighted by molar-refractivity contribution is 5.97. The zero-order valence-electron chi connectivity index (χ0n) is 14.2. The third-order valence-corrected chi connectivity index (χ3v) is 4.23. The molecule has 25 heavy (non-hydrogen) atoms. The van der Waals surface area contributed by atoms with E-state index in [0.29, 0.717) is 12.2 Å². The van der Waals surface area contributed by atoms with Crippen molar-refractivity contribution in [3.63, 3.8) is 0 Å². The molecule has 5 nitrogen and oxygen atoms in total. The molecular weight excluding hydrogens is 321 g/mol. The molecule has 2 aromatic rings. The van der Waals surface area contributed by atoms with Crippen molar-refractivity contribution in [2.75, 3.05) is 16.8 Å². The Morgan fingerprint density at radius 3 is 2.56 bits per heavy atom. The molecule has 0 saturated carbocycles. The fraction of sp³-hybridized carbons (Fsp3) is 0.263. The standard InChI is InChI=1S/C19H20FN3O2/c1-12-3-8-17(13(2)9-12)22-19(25)21-15-10-18(24)23(11-15)16-6-4-14(20)5-7-16/h3-9,15H,10-11H2,1-2H3,(H2,21,22,25). The lowest BCUT2D eigenvalue weighted by Gasteiger charge is -2.17. The van der Waals surface area contributed by atoms with E-state index < -0.39 is 0 Å². The summed E-state index contributed by atoms with van der Waals surface area (Å²) < 4.78 is 13.0.